The molecule has 5 nitrogen and oxygen atoms in total. The number of nitrogens with zero attached hydrogens (tertiary/aromatic N) is 1. The molecule has 0 spiro atoms. The number of hydrogen-bond acceptors (Lipinski definition) is 3. The molecule has 24 heavy (non-hydrogen) atoms. The number of rotatable bonds is 3. The average molecular weight is 326 g/mol. The van der Waals surface area contributed by atoms with Gasteiger partial charge in [0.2, 0.25) is 0 Å². The molecule has 0 radical (unpaired) electrons. The smallest absolute Gasteiger partial charge is 0.362 e. The Balaban J connectivity index is 1.95. The second-order valence-corrected chi connectivity index (χ2v) is 5.59. The summed E-state index contributed by atoms with van der Waals surface area (Å²) in [6.07, 6.45) is 0.333. The molecule has 6 heteroatoms. The Bertz CT molecular complexity index is 990. The lowest BCUT2D eigenvalue weighted by atomic mass is 9.99. The first kappa shape index (κ1) is 15.7. The van der Waals surface area contributed by atoms with Gasteiger partial charge in [0.15, 0.2) is 0 Å². The standard InChI is InChI=1S/C18H15FN2O3/c1-11-7-14(5-6-16(11)19)13-4-2-3-12(8-13)9-15-10-17(22)21(24)18(23)20-15/h2-8,10,24H,9H2,1H3,(H,20,23). The predicted molar refractivity (Wildman–Crippen MR) is 87.9 cm³/mol. The minimum absolute atomic E-state index is 0.0290. The van der Waals surface area contributed by atoms with Crippen molar-refractivity contribution in [2.45, 2.75) is 13.3 Å². The van der Waals surface area contributed by atoms with Crippen LogP contribution in [-0.4, -0.2) is 14.9 Å². The van der Waals surface area contributed by atoms with Crippen LogP contribution in [0.15, 0.2) is 58.1 Å². The van der Waals surface area contributed by atoms with E-state index in [0.29, 0.717) is 17.7 Å². The molecule has 0 fully saturated rings. The van der Waals surface area contributed by atoms with E-state index in [1.165, 1.54) is 12.1 Å². The summed E-state index contributed by atoms with van der Waals surface area (Å²) < 4.78 is 13.4. The number of H-pyrrole nitrogens is 1. The number of benzene rings is 2. The number of nitrogens with one attached hydrogen (secondary N) is 1. The van der Waals surface area contributed by atoms with E-state index in [2.05, 4.69) is 4.98 Å². The van der Waals surface area contributed by atoms with Crippen LogP contribution >= 0.6 is 0 Å². The van der Waals surface area contributed by atoms with Gasteiger partial charge in [0, 0.05) is 18.2 Å². The first-order chi connectivity index (χ1) is 11.4. The van der Waals surface area contributed by atoms with Crippen LogP contribution in [0.25, 0.3) is 11.1 Å². The summed E-state index contributed by atoms with van der Waals surface area (Å²) in [5.41, 5.74) is 1.99. The summed E-state index contributed by atoms with van der Waals surface area (Å²) in [4.78, 5) is 25.3. The van der Waals surface area contributed by atoms with Crippen molar-refractivity contribution >= 4 is 0 Å². The lowest BCUT2D eigenvalue weighted by Crippen LogP contribution is -2.33. The van der Waals surface area contributed by atoms with E-state index in [0.717, 1.165) is 16.7 Å². The summed E-state index contributed by atoms with van der Waals surface area (Å²) in [6.45, 7) is 1.71. The van der Waals surface area contributed by atoms with Crippen molar-refractivity contribution in [1.29, 1.82) is 0 Å². The Labute approximate surface area is 136 Å². The number of aromatic nitrogens is 2. The zero-order valence-corrected chi connectivity index (χ0v) is 12.9. The van der Waals surface area contributed by atoms with Crippen LogP contribution in [0.5, 0.6) is 0 Å². The van der Waals surface area contributed by atoms with Crippen LogP contribution in [0, 0.1) is 12.7 Å². The van der Waals surface area contributed by atoms with E-state index in [-0.39, 0.29) is 10.5 Å². The third-order valence-electron chi connectivity index (χ3n) is 3.78. The van der Waals surface area contributed by atoms with Crippen LogP contribution in [0.3, 0.4) is 0 Å². The molecule has 0 bridgehead atoms. The summed E-state index contributed by atoms with van der Waals surface area (Å²) >= 11 is 0. The van der Waals surface area contributed by atoms with Gasteiger partial charge in [0.25, 0.3) is 5.56 Å². The molecule has 0 unspecified atom stereocenters. The van der Waals surface area contributed by atoms with Crippen LogP contribution in [0.1, 0.15) is 16.8 Å². The third kappa shape index (κ3) is 3.12. The Morgan fingerprint density at radius 3 is 2.54 bits per heavy atom. The normalized spacial score (nSPS) is 10.8. The fourth-order valence-electron chi connectivity index (χ4n) is 2.54. The van der Waals surface area contributed by atoms with E-state index in [1.807, 2.05) is 24.3 Å². The molecule has 2 aromatic carbocycles. The minimum Gasteiger partial charge on any atom is -0.421 e. The van der Waals surface area contributed by atoms with Crippen LogP contribution in [0.2, 0.25) is 0 Å². The van der Waals surface area contributed by atoms with Crippen molar-refractivity contribution in [3.05, 3.63) is 92.0 Å². The van der Waals surface area contributed by atoms with Gasteiger partial charge < -0.3 is 10.2 Å². The fraction of sp³-hybridized carbons (Fsp3) is 0.111. The molecule has 3 aromatic rings. The lowest BCUT2D eigenvalue weighted by Gasteiger charge is -2.07. The Kier molecular flexibility index (Phi) is 4.04. The number of hydrogen-bond donors (Lipinski definition) is 2. The minimum atomic E-state index is -0.872. The maximum Gasteiger partial charge on any atom is 0.362 e. The molecule has 0 atom stereocenters. The van der Waals surface area contributed by atoms with Gasteiger partial charge in [-0.15, -0.1) is 0 Å². The SMILES string of the molecule is Cc1cc(-c2cccc(Cc3cc(=O)n(O)c(=O)[nH]3)c2)ccc1F. The second kappa shape index (κ2) is 6.16. The van der Waals surface area contributed by atoms with Gasteiger partial charge in [-0.25, -0.2) is 9.18 Å². The first-order valence-electron chi connectivity index (χ1n) is 7.34. The molecule has 0 saturated carbocycles. The van der Waals surface area contributed by atoms with Crippen molar-refractivity contribution in [2.75, 3.05) is 0 Å². The highest BCUT2D eigenvalue weighted by Gasteiger charge is 2.06. The summed E-state index contributed by atoms with van der Waals surface area (Å²) in [5, 5.41) is 9.17. The molecular formula is C18H15FN2O3. The maximum atomic E-state index is 13.4. The first-order valence-corrected chi connectivity index (χ1v) is 7.34. The zero-order chi connectivity index (χ0) is 17.3. The van der Waals surface area contributed by atoms with E-state index >= 15 is 0 Å². The Morgan fingerprint density at radius 2 is 1.83 bits per heavy atom. The second-order valence-electron chi connectivity index (χ2n) is 5.59. The molecule has 122 valence electrons. The molecule has 2 N–H and O–H groups in total. The highest BCUT2D eigenvalue weighted by molar-refractivity contribution is 5.65. The zero-order valence-electron chi connectivity index (χ0n) is 12.9. The van der Waals surface area contributed by atoms with Gasteiger partial charge in [0.1, 0.15) is 5.82 Å². The Morgan fingerprint density at radius 1 is 1.08 bits per heavy atom. The van der Waals surface area contributed by atoms with Crippen molar-refractivity contribution < 1.29 is 9.60 Å². The maximum absolute atomic E-state index is 13.4. The molecule has 0 aliphatic rings. The molecule has 0 amide bonds. The molecular weight excluding hydrogens is 311 g/mol. The molecule has 0 aliphatic carbocycles. The van der Waals surface area contributed by atoms with Crippen LogP contribution in [0.4, 0.5) is 4.39 Å². The number of halogens is 1. The van der Waals surface area contributed by atoms with E-state index in [1.54, 1.807) is 19.1 Å². The highest BCUT2D eigenvalue weighted by atomic mass is 19.1. The van der Waals surface area contributed by atoms with Gasteiger partial charge in [-0.2, -0.15) is 0 Å². The summed E-state index contributed by atoms with van der Waals surface area (Å²) in [7, 11) is 0. The fourth-order valence-corrected chi connectivity index (χ4v) is 2.54. The van der Waals surface area contributed by atoms with Crippen molar-refractivity contribution in [2.24, 2.45) is 0 Å². The molecule has 1 aromatic heterocycles. The third-order valence-corrected chi connectivity index (χ3v) is 3.78. The summed E-state index contributed by atoms with van der Waals surface area (Å²) in [6, 6.07) is 13.6. The number of aromatic amines is 1. The molecule has 1 heterocycles. The van der Waals surface area contributed by atoms with Crippen LogP contribution in [-0.2, 0) is 6.42 Å². The predicted octanol–water partition coefficient (Wildman–Crippen LogP) is 2.48. The highest BCUT2D eigenvalue weighted by Crippen LogP contribution is 2.23. The van der Waals surface area contributed by atoms with Crippen molar-refractivity contribution in [3.8, 4) is 11.1 Å². The molecule has 3 rings (SSSR count). The average Bonchev–Trinajstić information content (AvgIpc) is 2.55. The van der Waals surface area contributed by atoms with Gasteiger partial charge in [-0.3, -0.25) is 4.79 Å². The van der Waals surface area contributed by atoms with Crippen molar-refractivity contribution in [1.82, 2.24) is 9.71 Å². The van der Waals surface area contributed by atoms with Gasteiger partial charge >= 0.3 is 5.69 Å². The van der Waals surface area contributed by atoms with Gasteiger partial charge in [-0.05, 0) is 41.3 Å². The molecule has 0 saturated heterocycles. The van der Waals surface area contributed by atoms with E-state index in [9.17, 15) is 14.0 Å². The number of aryl methyl sites for hydroxylation is 1. The van der Waals surface area contributed by atoms with E-state index < -0.39 is 11.2 Å². The monoisotopic (exact) mass is 326 g/mol. The van der Waals surface area contributed by atoms with Crippen molar-refractivity contribution in [3.63, 3.8) is 0 Å². The van der Waals surface area contributed by atoms with Gasteiger partial charge in [0.05, 0.1) is 0 Å². The van der Waals surface area contributed by atoms with E-state index in [4.69, 9.17) is 5.21 Å². The van der Waals surface area contributed by atoms with Crippen LogP contribution < -0.4 is 11.2 Å². The largest absolute Gasteiger partial charge is 0.421 e. The quantitative estimate of drug-likeness (QED) is 0.726. The summed E-state index contributed by atoms with van der Waals surface area (Å²) in [5.74, 6) is -0.253. The molecule has 0 aliphatic heterocycles. The lowest BCUT2D eigenvalue weighted by molar-refractivity contribution is 0.160. The Hall–Kier alpha value is -3.15. The van der Waals surface area contributed by atoms with Gasteiger partial charge in [-0.1, -0.05) is 35.1 Å². The topological polar surface area (TPSA) is 75.1 Å².